The average Bonchev–Trinajstić information content (AvgIpc) is 2.50. The van der Waals surface area contributed by atoms with Crippen LogP contribution in [0, 0.1) is 0 Å². The molecule has 0 heterocycles. The van der Waals surface area contributed by atoms with Crippen LogP contribution in [-0.2, 0) is 4.79 Å². The summed E-state index contributed by atoms with van der Waals surface area (Å²) in [4.78, 5) is 24.6. The molecule has 0 bridgehead atoms. The maximum Gasteiger partial charge on any atom is 0.256 e. The largest absolute Gasteiger partial charge is 0.322 e. The fourth-order valence-electron chi connectivity index (χ4n) is 1.67. The summed E-state index contributed by atoms with van der Waals surface area (Å²) in [6.07, 6.45) is 0.428. The number of rotatable bonds is 4. The molecule has 0 atom stereocenters. The second kappa shape index (κ2) is 7.29. The van der Waals surface area contributed by atoms with Crippen LogP contribution in [0.15, 0.2) is 53.4 Å². The Kier molecular flexibility index (Phi) is 5.42. The van der Waals surface area contributed by atoms with Gasteiger partial charge >= 0.3 is 0 Å². The Morgan fingerprint density at radius 2 is 1.76 bits per heavy atom. The zero-order valence-corrected chi connectivity index (χ0v) is 13.0. The van der Waals surface area contributed by atoms with Gasteiger partial charge in [-0.25, -0.2) is 0 Å². The van der Waals surface area contributed by atoms with Crippen LogP contribution in [0.25, 0.3) is 0 Å². The Bertz CT molecular complexity index is 656. The van der Waals surface area contributed by atoms with Crippen molar-refractivity contribution in [1.82, 2.24) is 0 Å². The van der Waals surface area contributed by atoms with Crippen molar-refractivity contribution in [3.05, 3.63) is 59.1 Å². The zero-order valence-electron chi connectivity index (χ0n) is 11.4. The summed E-state index contributed by atoms with van der Waals surface area (Å²) >= 11 is 6.90. The van der Waals surface area contributed by atoms with Gasteiger partial charge in [-0.3, -0.25) is 9.59 Å². The maximum atomic E-state index is 12.3. The van der Waals surface area contributed by atoms with Crippen molar-refractivity contribution >= 4 is 40.1 Å². The van der Waals surface area contributed by atoms with Gasteiger partial charge in [0, 0.05) is 22.0 Å². The van der Waals surface area contributed by atoms with E-state index in [9.17, 15) is 9.59 Å². The molecule has 0 aliphatic rings. The molecule has 2 aromatic rings. The second-order valence-corrected chi connectivity index (χ2v) is 5.82. The fourth-order valence-corrected chi connectivity index (χ4v) is 2.60. The van der Waals surface area contributed by atoms with E-state index in [1.54, 1.807) is 49.4 Å². The summed E-state index contributed by atoms with van der Waals surface area (Å²) in [5.74, 6) is -0.246. The lowest BCUT2D eigenvalue weighted by Gasteiger charge is -2.09. The Hall–Kier alpha value is -1.78. The molecule has 2 rings (SSSR count). The Morgan fingerprint density at radius 1 is 1.10 bits per heavy atom. The highest BCUT2D eigenvalue weighted by Gasteiger charge is 2.13. The topological polar surface area (TPSA) is 46.2 Å². The van der Waals surface area contributed by atoms with Crippen molar-refractivity contribution in [3.8, 4) is 0 Å². The smallest absolute Gasteiger partial charge is 0.256 e. The first-order valence-corrected chi connectivity index (χ1v) is 7.66. The summed E-state index contributed by atoms with van der Waals surface area (Å²) in [6, 6.07) is 13.9. The lowest BCUT2D eigenvalue weighted by molar-refractivity contribution is -0.110. The van der Waals surface area contributed by atoms with Gasteiger partial charge in [-0.2, -0.15) is 0 Å². The Morgan fingerprint density at radius 3 is 2.43 bits per heavy atom. The molecule has 0 saturated carbocycles. The number of carbonyl (C=O) groups is 2. The van der Waals surface area contributed by atoms with Gasteiger partial charge in [-0.15, -0.1) is 0 Å². The molecule has 1 amide bonds. The molecule has 0 aliphatic heterocycles. The van der Waals surface area contributed by atoms with E-state index in [2.05, 4.69) is 5.32 Å². The number of anilines is 1. The van der Waals surface area contributed by atoms with Crippen LogP contribution in [0.3, 0.4) is 0 Å². The average molecular weight is 320 g/mol. The molecule has 108 valence electrons. The normalized spacial score (nSPS) is 10.2. The molecule has 0 aromatic heterocycles. The first kappa shape index (κ1) is 15.6. The van der Waals surface area contributed by atoms with Crippen molar-refractivity contribution in [2.45, 2.75) is 18.2 Å². The van der Waals surface area contributed by atoms with Crippen LogP contribution in [0.2, 0.25) is 5.02 Å². The summed E-state index contributed by atoms with van der Waals surface area (Å²) in [5.41, 5.74) is 1.14. The highest BCUT2D eigenvalue weighted by molar-refractivity contribution is 8.13. The molecule has 0 radical (unpaired) electrons. The van der Waals surface area contributed by atoms with Crippen molar-refractivity contribution in [2.24, 2.45) is 0 Å². The SMILES string of the molecule is CCC(=O)Sc1ccccc1C(=O)Nc1ccc(Cl)cc1. The van der Waals surface area contributed by atoms with Gasteiger partial charge in [-0.05, 0) is 36.4 Å². The third kappa shape index (κ3) is 4.34. The van der Waals surface area contributed by atoms with Gasteiger partial charge in [0.2, 0.25) is 0 Å². The maximum absolute atomic E-state index is 12.3. The van der Waals surface area contributed by atoms with Crippen molar-refractivity contribution < 1.29 is 9.59 Å². The predicted octanol–water partition coefficient (Wildman–Crippen LogP) is 4.62. The van der Waals surface area contributed by atoms with Crippen LogP contribution in [0.1, 0.15) is 23.7 Å². The van der Waals surface area contributed by atoms with Crippen LogP contribution < -0.4 is 5.32 Å². The second-order valence-electron chi connectivity index (χ2n) is 4.28. The molecule has 5 heteroatoms. The van der Waals surface area contributed by atoms with Gasteiger partial charge in [0.05, 0.1) is 5.56 Å². The summed E-state index contributed by atoms with van der Waals surface area (Å²) in [7, 11) is 0. The highest BCUT2D eigenvalue weighted by Crippen LogP contribution is 2.25. The van der Waals surface area contributed by atoms with E-state index in [1.807, 2.05) is 6.07 Å². The number of hydrogen-bond acceptors (Lipinski definition) is 3. The van der Waals surface area contributed by atoms with Gasteiger partial charge in [0.25, 0.3) is 5.91 Å². The number of benzene rings is 2. The first-order chi connectivity index (χ1) is 10.1. The van der Waals surface area contributed by atoms with Gasteiger partial charge in [0.1, 0.15) is 0 Å². The molecule has 2 aromatic carbocycles. The number of amides is 1. The fraction of sp³-hybridized carbons (Fsp3) is 0.125. The highest BCUT2D eigenvalue weighted by atomic mass is 35.5. The summed E-state index contributed by atoms with van der Waals surface area (Å²) in [5, 5.41) is 3.43. The quantitative estimate of drug-likeness (QED) is 0.836. The lowest BCUT2D eigenvalue weighted by atomic mass is 10.2. The zero-order chi connectivity index (χ0) is 15.2. The van der Waals surface area contributed by atoms with E-state index in [1.165, 1.54) is 0 Å². The van der Waals surface area contributed by atoms with Crippen LogP contribution in [0.4, 0.5) is 5.69 Å². The molecule has 3 nitrogen and oxygen atoms in total. The summed E-state index contributed by atoms with van der Waals surface area (Å²) < 4.78 is 0. The number of hydrogen-bond donors (Lipinski definition) is 1. The van der Waals surface area contributed by atoms with E-state index in [0.29, 0.717) is 27.6 Å². The van der Waals surface area contributed by atoms with Crippen LogP contribution in [0.5, 0.6) is 0 Å². The monoisotopic (exact) mass is 319 g/mol. The van der Waals surface area contributed by atoms with Crippen molar-refractivity contribution in [3.63, 3.8) is 0 Å². The molecule has 0 saturated heterocycles. The number of carbonyl (C=O) groups excluding carboxylic acids is 2. The minimum absolute atomic E-state index is 0.0294. The first-order valence-electron chi connectivity index (χ1n) is 6.46. The van der Waals surface area contributed by atoms with E-state index in [4.69, 9.17) is 11.6 Å². The lowest BCUT2D eigenvalue weighted by Crippen LogP contribution is -2.13. The number of thioether (sulfide) groups is 1. The molecular weight excluding hydrogens is 306 g/mol. The minimum atomic E-state index is -0.246. The Labute approximate surface area is 132 Å². The van der Waals surface area contributed by atoms with Gasteiger partial charge in [0.15, 0.2) is 5.12 Å². The predicted molar refractivity (Wildman–Crippen MR) is 87.0 cm³/mol. The molecule has 0 unspecified atom stereocenters. The molecule has 21 heavy (non-hydrogen) atoms. The van der Waals surface area contributed by atoms with E-state index in [0.717, 1.165) is 11.8 Å². The van der Waals surface area contributed by atoms with Crippen molar-refractivity contribution in [2.75, 3.05) is 5.32 Å². The third-order valence-corrected chi connectivity index (χ3v) is 4.09. The minimum Gasteiger partial charge on any atom is -0.322 e. The molecular formula is C16H14ClNO2S. The van der Waals surface area contributed by atoms with Crippen LogP contribution in [-0.4, -0.2) is 11.0 Å². The van der Waals surface area contributed by atoms with Crippen molar-refractivity contribution in [1.29, 1.82) is 0 Å². The van der Waals surface area contributed by atoms with E-state index in [-0.39, 0.29) is 11.0 Å². The third-order valence-electron chi connectivity index (χ3n) is 2.75. The molecule has 0 spiro atoms. The molecule has 0 aliphatic carbocycles. The Balaban J connectivity index is 2.18. The van der Waals surface area contributed by atoms with E-state index < -0.39 is 0 Å². The number of nitrogens with one attached hydrogen (secondary N) is 1. The molecule has 0 fully saturated rings. The number of halogens is 1. The van der Waals surface area contributed by atoms with Crippen LogP contribution >= 0.6 is 23.4 Å². The summed E-state index contributed by atoms with van der Waals surface area (Å²) in [6.45, 7) is 1.80. The van der Waals surface area contributed by atoms with Gasteiger partial charge in [-0.1, -0.05) is 42.4 Å². The van der Waals surface area contributed by atoms with Gasteiger partial charge < -0.3 is 5.32 Å². The molecule has 1 N–H and O–H groups in total. The van der Waals surface area contributed by atoms with E-state index >= 15 is 0 Å². The standard InChI is InChI=1S/C16H14ClNO2S/c1-2-15(19)21-14-6-4-3-5-13(14)16(20)18-12-9-7-11(17)8-10-12/h3-10H,2H2,1H3,(H,18,20).